The van der Waals surface area contributed by atoms with Gasteiger partial charge in [-0.15, -0.1) is 17.9 Å². The molecule has 88 valence electrons. The topological polar surface area (TPSA) is 22.0 Å². The summed E-state index contributed by atoms with van der Waals surface area (Å²) in [6.07, 6.45) is 1.06. The lowest BCUT2D eigenvalue weighted by molar-refractivity contribution is 0.398. The molecule has 0 N–H and O–H groups in total. The van der Waals surface area contributed by atoms with Crippen molar-refractivity contribution in [2.45, 2.75) is 25.5 Å². The van der Waals surface area contributed by atoms with E-state index in [1.807, 2.05) is 10.6 Å². The zero-order chi connectivity index (χ0) is 11.7. The minimum Gasteiger partial charge on any atom is -0.312 e. The lowest BCUT2D eigenvalue weighted by Gasteiger charge is -2.35. The molecule has 16 heavy (non-hydrogen) atoms. The maximum Gasteiger partial charge on any atom is 0.250 e. The summed E-state index contributed by atoms with van der Waals surface area (Å²) in [6, 6.07) is 5.65. The maximum atomic E-state index is 11.7. The van der Waals surface area contributed by atoms with E-state index < -0.39 is 0 Å². The first-order chi connectivity index (χ1) is 7.63. The van der Waals surface area contributed by atoms with Gasteiger partial charge in [-0.2, -0.15) is 0 Å². The van der Waals surface area contributed by atoms with Gasteiger partial charge in [-0.05, 0) is 24.1 Å². The maximum absolute atomic E-state index is 11.7. The average molecular weight is 291 g/mol. The van der Waals surface area contributed by atoms with Crippen LogP contribution in [0.2, 0.25) is 0 Å². The predicted molar refractivity (Wildman–Crippen MR) is 82.0 cm³/mol. The first kappa shape index (κ1) is 13.1. The quantitative estimate of drug-likeness (QED) is 0.768. The summed E-state index contributed by atoms with van der Waals surface area (Å²) in [5.74, 6) is 0.615. The molecule has 2 heterocycles. The lowest BCUT2D eigenvalue weighted by Crippen LogP contribution is -2.36. The summed E-state index contributed by atoms with van der Waals surface area (Å²) >= 11 is 0. The van der Waals surface area contributed by atoms with Crippen LogP contribution in [0.15, 0.2) is 23.0 Å². The van der Waals surface area contributed by atoms with Crippen LogP contribution in [0.1, 0.15) is 12.6 Å². The summed E-state index contributed by atoms with van der Waals surface area (Å²) in [4.78, 5) is 11.7. The fourth-order valence-corrected chi connectivity index (χ4v) is 7.99. The van der Waals surface area contributed by atoms with Gasteiger partial charge in [0.1, 0.15) is 0 Å². The molecular weight excluding hydrogens is 274 g/mol. The molecule has 6 atom stereocenters. The Bertz CT molecular complexity index is 433. The van der Waals surface area contributed by atoms with Gasteiger partial charge in [0.15, 0.2) is 0 Å². The summed E-state index contributed by atoms with van der Waals surface area (Å²) in [5.41, 5.74) is 2.12. The van der Waals surface area contributed by atoms with E-state index in [1.165, 1.54) is 5.69 Å². The van der Waals surface area contributed by atoms with Gasteiger partial charge in [-0.1, -0.05) is 28.2 Å². The van der Waals surface area contributed by atoms with Crippen molar-refractivity contribution in [1.29, 1.82) is 0 Å². The Hall–Kier alpha value is 0.670. The van der Waals surface area contributed by atoms with Crippen LogP contribution in [0.3, 0.4) is 0 Å². The molecular formula is C10H17NOP4. The number of aromatic nitrogens is 1. The third kappa shape index (κ3) is 2.57. The molecule has 0 saturated carbocycles. The number of fused-ring (bicyclic) bond motifs is 1. The Balaban J connectivity index is 2.32. The fraction of sp³-hybridized carbons (Fsp3) is 0.500. The molecule has 1 aliphatic rings. The Morgan fingerprint density at radius 1 is 1.56 bits per heavy atom. The van der Waals surface area contributed by atoms with E-state index in [1.54, 1.807) is 6.07 Å². The first-order valence-electron chi connectivity index (χ1n) is 5.32. The average Bonchev–Trinajstić information content (AvgIpc) is 2.29. The van der Waals surface area contributed by atoms with Crippen LogP contribution < -0.4 is 5.56 Å². The van der Waals surface area contributed by atoms with Crippen molar-refractivity contribution < 1.29 is 0 Å². The SMILES string of the molecule is C[C@@H]1Cn2c(cccc2=O)C[C@@H]1P(P)PP. The third-order valence-electron chi connectivity index (χ3n) is 3.19. The summed E-state index contributed by atoms with van der Waals surface area (Å²) in [6.45, 7) is 3.17. The van der Waals surface area contributed by atoms with Crippen molar-refractivity contribution in [1.82, 2.24) is 4.57 Å². The van der Waals surface area contributed by atoms with Gasteiger partial charge in [0.25, 0.3) is 5.56 Å². The Morgan fingerprint density at radius 2 is 2.31 bits per heavy atom. The van der Waals surface area contributed by atoms with Crippen LogP contribution in [0.4, 0.5) is 0 Å². The summed E-state index contributed by atoms with van der Waals surface area (Å²) < 4.78 is 1.95. The van der Waals surface area contributed by atoms with E-state index >= 15 is 0 Å². The molecule has 2 nitrogen and oxygen atoms in total. The largest absolute Gasteiger partial charge is 0.312 e. The first-order valence-corrected chi connectivity index (χ1v) is 12.0. The fourth-order valence-electron chi connectivity index (χ4n) is 2.24. The Labute approximate surface area is 104 Å². The Kier molecular flexibility index (Phi) is 4.54. The van der Waals surface area contributed by atoms with Gasteiger partial charge in [0.05, 0.1) is 0 Å². The summed E-state index contributed by atoms with van der Waals surface area (Å²) in [7, 11) is 6.86. The van der Waals surface area contributed by atoms with Crippen molar-refractivity contribution in [2.24, 2.45) is 5.92 Å². The lowest BCUT2D eigenvalue weighted by atomic mass is 9.98. The van der Waals surface area contributed by atoms with E-state index in [0.717, 1.165) is 26.6 Å². The minimum atomic E-state index is 0.0221. The van der Waals surface area contributed by atoms with E-state index in [4.69, 9.17) is 0 Å². The highest BCUT2D eigenvalue weighted by atomic mass is 32.6. The highest BCUT2D eigenvalue weighted by molar-refractivity contribution is 8.61. The zero-order valence-electron chi connectivity index (χ0n) is 9.26. The number of rotatable bonds is 2. The molecule has 1 aliphatic heterocycles. The van der Waals surface area contributed by atoms with Crippen molar-refractivity contribution in [3.8, 4) is 0 Å². The highest BCUT2D eigenvalue weighted by Gasteiger charge is 2.29. The van der Waals surface area contributed by atoms with Crippen LogP contribution >= 0.6 is 33.1 Å². The van der Waals surface area contributed by atoms with E-state index in [-0.39, 0.29) is 12.9 Å². The minimum absolute atomic E-state index is 0.0221. The molecule has 0 spiro atoms. The second-order valence-electron chi connectivity index (χ2n) is 4.25. The van der Waals surface area contributed by atoms with Crippen LogP contribution in [-0.4, -0.2) is 10.2 Å². The number of pyridine rings is 1. The van der Waals surface area contributed by atoms with Crippen LogP contribution in [0.25, 0.3) is 0 Å². The molecule has 0 amide bonds. The number of hydrogen-bond acceptors (Lipinski definition) is 1. The van der Waals surface area contributed by atoms with Crippen molar-refractivity contribution in [3.63, 3.8) is 0 Å². The van der Waals surface area contributed by atoms with Crippen molar-refractivity contribution in [3.05, 3.63) is 34.2 Å². The monoisotopic (exact) mass is 291 g/mol. The molecule has 4 unspecified atom stereocenters. The zero-order valence-corrected chi connectivity index (χ0v) is 13.5. The number of hydrogen-bond donors (Lipinski definition) is 0. The normalized spacial score (nSPS) is 26.9. The van der Waals surface area contributed by atoms with Crippen LogP contribution in [0, 0.1) is 5.92 Å². The van der Waals surface area contributed by atoms with Crippen molar-refractivity contribution >= 4 is 33.1 Å². The van der Waals surface area contributed by atoms with Gasteiger partial charge < -0.3 is 4.57 Å². The molecule has 0 bridgehead atoms. The van der Waals surface area contributed by atoms with Crippen molar-refractivity contribution in [2.75, 3.05) is 0 Å². The molecule has 0 fully saturated rings. The molecule has 0 aliphatic carbocycles. The van der Waals surface area contributed by atoms with Crippen LogP contribution in [0.5, 0.6) is 0 Å². The van der Waals surface area contributed by atoms with Gasteiger partial charge in [-0.3, -0.25) is 4.79 Å². The van der Waals surface area contributed by atoms with Gasteiger partial charge in [0.2, 0.25) is 0 Å². The van der Waals surface area contributed by atoms with Gasteiger partial charge in [0, 0.05) is 18.3 Å². The molecule has 0 aromatic carbocycles. The second-order valence-corrected chi connectivity index (χ2v) is 13.9. The second kappa shape index (κ2) is 5.54. The molecule has 6 heteroatoms. The Morgan fingerprint density at radius 3 is 3.00 bits per heavy atom. The summed E-state index contributed by atoms with van der Waals surface area (Å²) in [5, 5.41) is 0. The highest BCUT2D eigenvalue weighted by Crippen LogP contribution is 2.71. The molecule has 0 radical (unpaired) electrons. The van der Waals surface area contributed by atoms with Gasteiger partial charge >= 0.3 is 0 Å². The molecule has 1 aromatic heterocycles. The predicted octanol–water partition coefficient (Wildman–Crippen LogP) is 3.06. The number of nitrogens with zero attached hydrogens (tertiary/aromatic N) is 1. The van der Waals surface area contributed by atoms with E-state index in [9.17, 15) is 4.79 Å². The van der Waals surface area contributed by atoms with Crippen LogP contribution in [-0.2, 0) is 13.0 Å². The van der Waals surface area contributed by atoms with E-state index in [2.05, 4.69) is 30.8 Å². The third-order valence-corrected chi connectivity index (χ3v) is 14.6. The van der Waals surface area contributed by atoms with Gasteiger partial charge in [-0.25, -0.2) is 0 Å². The standard InChI is InChI=1S/C10H17NOP4/c1-7-6-11-8(3-2-4-10(11)12)5-9(7)16(14)15-13/h2-4,7,9,15H,5-6,13-14H2,1H3/t7-,9+,16?/m1/s1. The molecule has 1 aromatic rings. The molecule has 0 saturated heterocycles. The van der Waals surface area contributed by atoms with E-state index in [0.29, 0.717) is 5.92 Å². The molecule has 2 rings (SSSR count). The smallest absolute Gasteiger partial charge is 0.250 e.